The number of carbonyl (C=O) groups excluding carboxylic acids is 3. The third kappa shape index (κ3) is 4.67. The summed E-state index contributed by atoms with van der Waals surface area (Å²) in [5.74, 6) is -0.918. The van der Waals surface area contributed by atoms with Crippen LogP contribution in [-0.4, -0.2) is 52.7 Å². The second-order valence-corrected chi connectivity index (χ2v) is 7.82. The number of amides is 3. The van der Waals surface area contributed by atoms with E-state index in [-0.39, 0.29) is 18.0 Å². The molecule has 1 saturated carbocycles. The van der Waals surface area contributed by atoms with E-state index in [1.807, 2.05) is 26.0 Å². The van der Waals surface area contributed by atoms with Crippen LogP contribution in [0.15, 0.2) is 24.3 Å². The van der Waals surface area contributed by atoms with Gasteiger partial charge >= 0.3 is 11.8 Å². The van der Waals surface area contributed by atoms with Gasteiger partial charge in [-0.2, -0.15) is 0 Å². The molecule has 0 atom stereocenters. The quantitative estimate of drug-likeness (QED) is 0.808. The van der Waals surface area contributed by atoms with Crippen molar-refractivity contribution in [2.75, 3.05) is 13.1 Å². The van der Waals surface area contributed by atoms with Gasteiger partial charge in [-0.15, -0.1) is 0 Å². The minimum absolute atomic E-state index is 0.0329. The molecular formula is C21H29N3O3. The van der Waals surface area contributed by atoms with Crippen molar-refractivity contribution in [1.29, 1.82) is 0 Å². The SMILES string of the molecule is CC(C)N1CCN(Cc2ccc(C(=O)NC3CCCCC3)cc2)C(=O)C1=O. The minimum Gasteiger partial charge on any atom is -0.349 e. The second-order valence-electron chi connectivity index (χ2n) is 7.82. The van der Waals surface area contributed by atoms with Gasteiger partial charge in [0.1, 0.15) is 0 Å². The van der Waals surface area contributed by atoms with Gasteiger partial charge < -0.3 is 15.1 Å². The summed E-state index contributed by atoms with van der Waals surface area (Å²) < 4.78 is 0. The molecule has 0 spiro atoms. The lowest BCUT2D eigenvalue weighted by molar-refractivity contribution is -0.157. The second kappa shape index (κ2) is 8.55. The van der Waals surface area contributed by atoms with E-state index < -0.39 is 11.8 Å². The predicted molar refractivity (Wildman–Crippen MR) is 103 cm³/mol. The lowest BCUT2D eigenvalue weighted by Crippen LogP contribution is -2.55. The summed E-state index contributed by atoms with van der Waals surface area (Å²) in [6.45, 7) is 5.31. The number of nitrogens with one attached hydrogen (secondary N) is 1. The van der Waals surface area contributed by atoms with Crippen LogP contribution >= 0.6 is 0 Å². The Morgan fingerprint density at radius 2 is 1.70 bits per heavy atom. The van der Waals surface area contributed by atoms with E-state index >= 15 is 0 Å². The van der Waals surface area contributed by atoms with E-state index in [9.17, 15) is 14.4 Å². The van der Waals surface area contributed by atoms with Crippen LogP contribution in [0.4, 0.5) is 0 Å². The number of carbonyl (C=O) groups is 3. The third-order valence-corrected chi connectivity index (χ3v) is 5.50. The fourth-order valence-corrected chi connectivity index (χ4v) is 3.83. The zero-order valence-electron chi connectivity index (χ0n) is 16.2. The molecule has 1 aromatic rings. The summed E-state index contributed by atoms with van der Waals surface area (Å²) in [7, 11) is 0. The summed E-state index contributed by atoms with van der Waals surface area (Å²) in [4.78, 5) is 40.1. The number of nitrogens with zero attached hydrogens (tertiary/aromatic N) is 2. The summed E-state index contributed by atoms with van der Waals surface area (Å²) >= 11 is 0. The first-order chi connectivity index (χ1) is 13.0. The Hall–Kier alpha value is -2.37. The number of hydrogen-bond acceptors (Lipinski definition) is 3. The molecule has 3 rings (SSSR count). The molecule has 0 aromatic heterocycles. The molecule has 1 saturated heterocycles. The van der Waals surface area contributed by atoms with E-state index in [1.54, 1.807) is 21.9 Å². The van der Waals surface area contributed by atoms with Gasteiger partial charge in [-0.1, -0.05) is 31.4 Å². The van der Waals surface area contributed by atoms with Gasteiger partial charge in [0.05, 0.1) is 0 Å². The van der Waals surface area contributed by atoms with Crippen LogP contribution in [0.25, 0.3) is 0 Å². The van der Waals surface area contributed by atoms with Gasteiger partial charge in [0, 0.05) is 37.3 Å². The van der Waals surface area contributed by atoms with Crippen molar-refractivity contribution in [3.8, 4) is 0 Å². The maximum absolute atomic E-state index is 12.4. The Morgan fingerprint density at radius 3 is 2.33 bits per heavy atom. The molecule has 3 amide bonds. The van der Waals surface area contributed by atoms with E-state index in [4.69, 9.17) is 0 Å². The summed E-state index contributed by atoms with van der Waals surface area (Å²) in [5.41, 5.74) is 1.56. The lowest BCUT2D eigenvalue weighted by Gasteiger charge is -2.36. The molecule has 2 aliphatic rings. The molecule has 27 heavy (non-hydrogen) atoms. The highest BCUT2D eigenvalue weighted by Gasteiger charge is 2.33. The molecule has 1 aliphatic carbocycles. The predicted octanol–water partition coefficient (Wildman–Crippen LogP) is 2.33. The Balaban J connectivity index is 1.57. The fraction of sp³-hybridized carbons (Fsp3) is 0.571. The maximum Gasteiger partial charge on any atom is 0.312 e. The molecule has 146 valence electrons. The van der Waals surface area contributed by atoms with Gasteiger partial charge in [0.2, 0.25) is 0 Å². The third-order valence-electron chi connectivity index (χ3n) is 5.50. The van der Waals surface area contributed by atoms with Crippen molar-refractivity contribution in [3.63, 3.8) is 0 Å². The van der Waals surface area contributed by atoms with Crippen LogP contribution in [0.2, 0.25) is 0 Å². The summed E-state index contributed by atoms with van der Waals surface area (Å²) in [6.07, 6.45) is 5.74. The van der Waals surface area contributed by atoms with E-state index in [0.29, 0.717) is 25.2 Å². The Morgan fingerprint density at radius 1 is 1.04 bits per heavy atom. The smallest absolute Gasteiger partial charge is 0.312 e. The first-order valence-corrected chi connectivity index (χ1v) is 9.95. The van der Waals surface area contributed by atoms with Crippen LogP contribution in [0.3, 0.4) is 0 Å². The lowest BCUT2D eigenvalue weighted by atomic mass is 9.95. The summed E-state index contributed by atoms with van der Waals surface area (Å²) in [5, 5.41) is 3.11. The molecule has 1 heterocycles. The molecule has 0 radical (unpaired) electrons. The highest BCUT2D eigenvalue weighted by atomic mass is 16.2. The van der Waals surface area contributed by atoms with Crippen LogP contribution in [0, 0.1) is 0 Å². The van der Waals surface area contributed by atoms with Crippen LogP contribution in [-0.2, 0) is 16.1 Å². The zero-order valence-corrected chi connectivity index (χ0v) is 16.2. The topological polar surface area (TPSA) is 69.7 Å². The Bertz CT molecular complexity index is 693. The van der Waals surface area contributed by atoms with Crippen LogP contribution < -0.4 is 5.32 Å². The van der Waals surface area contributed by atoms with Crippen molar-refractivity contribution < 1.29 is 14.4 Å². The highest BCUT2D eigenvalue weighted by Crippen LogP contribution is 2.18. The maximum atomic E-state index is 12.4. The van der Waals surface area contributed by atoms with E-state index in [1.165, 1.54) is 19.3 Å². The minimum atomic E-state index is -0.450. The van der Waals surface area contributed by atoms with Crippen LogP contribution in [0.1, 0.15) is 61.9 Å². The zero-order chi connectivity index (χ0) is 19.4. The molecule has 2 fully saturated rings. The molecule has 1 aliphatic heterocycles. The van der Waals surface area contributed by atoms with Crippen molar-refractivity contribution in [2.45, 2.75) is 64.6 Å². The monoisotopic (exact) mass is 371 g/mol. The first-order valence-electron chi connectivity index (χ1n) is 9.95. The highest BCUT2D eigenvalue weighted by molar-refractivity contribution is 6.35. The van der Waals surface area contributed by atoms with Crippen molar-refractivity contribution >= 4 is 17.7 Å². The average molecular weight is 371 g/mol. The fourth-order valence-electron chi connectivity index (χ4n) is 3.83. The van der Waals surface area contributed by atoms with Gasteiger partial charge in [-0.05, 0) is 44.4 Å². The van der Waals surface area contributed by atoms with Gasteiger partial charge in [0.25, 0.3) is 5.91 Å². The number of hydrogen-bond donors (Lipinski definition) is 1. The summed E-state index contributed by atoms with van der Waals surface area (Å²) in [6, 6.07) is 7.64. The number of benzene rings is 1. The van der Waals surface area contributed by atoms with E-state index in [0.717, 1.165) is 18.4 Å². The van der Waals surface area contributed by atoms with Gasteiger partial charge in [-0.25, -0.2) is 0 Å². The van der Waals surface area contributed by atoms with Gasteiger partial charge in [-0.3, -0.25) is 14.4 Å². The van der Waals surface area contributed by atoms with Crippen molar-refractivity contribution in [3.05, 3.63) is 35.4 Å². The molecule has 1 N–H and O–H groups in total. The Labute approximate surface area is 160 Å². The van der Waals surface area contributed by atoms with E-state index in [2.05, 4.69) is 5.32 Å². The molecule has 0 bridgehead atoms. The van der Waals surface area contributed by atoms with Crippen LogP contribution in [0.5, 0.6) is 0 Å². The molecular weight excluding hydrogens is 342 g/mol. The largest absolute Gasteiger partial charge is 0.349 e. The first kappa shape index (κ1) is 19.4. The number of rotatable bonds is 5. The molecule has 0 unspecified atom stereocenters. The molecule has 6 nitrogen and oxygen atoms in total. The molecule has 1 aromatic carbocycles. The van der Waals surface area contributed by atoms with Gasteiger partial charge in [0.15, 0.2) is 0 Å². The van der Waals surface area contributed by atoms with Crippen molar-refractivity contribution in [1.82, 2.24) is 15.1 Å². The normalized spacial score (nSPS) is 18.9. The Kier molecular flexibility index (Phi) is 6.14. The number of piperazine rings is 1. The standard InChI is InChI=1S/C21H29N3O3/c1-15(2)24-13-12-23(20(26)21(24)27)14-16-8-10-17(11-9-16)19(25)22-18-6-4-3-5-7-18/h8-11,15,18H,3-7,12-14H2,1-2H3,(H,22,25). The van der Waals surface area contributed by atoms with Crippen molar-refractivity contribution in [2.24, 2.45) is 0 Å². The average Bonchev–Trinajstić information content (AvgIpc) is 2.66. The molecule has 6 heteroatoms.